The molecule has 1 aromatic heterocycles. The van der Waals surface area contributed by atoms with E-state index in [1.807, 2.05) is 19.1 Å². The number of piperidine rings is 1. The van der Waals surface area contributed by atoms with Gasteiger partial charge in [-0.3, -0.25) is 28.7 Å². The fourth-order valence-corrected chi connectivity index (χ4v) is 10.3. The zero-order valence-corrected chi connectivity index (χ0v) is 36.1. The third-order valence-electron chi connectivity index (χ3n) is 13.4. The predicted octanol–water partition coefficient (Wildman–Crippen LogP) is 3.23. The van der Waals surface area contributed by atoms with Crippen LogP contribution in [0.4, 0.5) is 0 Å². The molecule has 326 valence electrons. The van der Waals surface area contributed by atoms with Gasteiger partial charge < -0.3 is 34.6 Å². The number of carbonyl (C=O) groups excluding carboxylic acids is 5. The first-order valence-electron chi connectivity index (χ1n) is 21.1. The van der Waals surface area contributed by atoms with Crippen molar-refractivity contribution in [1.82, 2.24) is 30.1 Å². The van der Waals surface area contributed by atoms with E-state index >= 15 is 4.79 Å². The van der Waals surface area contributed by atoms with E-state index in [-0.39, 0.29) is 48.9 Å². The van der Waals surface area contributed by atoms with E-state index in [1.165, 1.54) is 25.1 Å². The van der Waals surface area contributed by atoms with Crippen molar-refractivity contribution < 1.29 is 46.6 Å². The molecule has 0 spiro atoms. The highest BCUT2D eigenvalue weighted by molar-refractivity contribution is 7.91. The summed E-state index contributed by atoms with van der Waals surface area (Å²) in [6.45, 7) is 7.97. The lowest BCUT2D eigenvalue weighted by Crippen LogP contribution is -2.59. The number of likely N-dealkylation sites (tertiary alicyclic amines) is 1. The van der Waals surface area contributed by atoms with Crippen LogP contribution in [0, 0.1) is 23.7 Å². The van der Waals surface area contributed by atoms with Crippen LogP contribution in [0.2, 0.25) is 0 Å². The van der Waals surface area contributed by atoms with Gasteiger partial charge in [0.1, 0.15) is 35.2 Å². The summed E-state index contributed by atoms with van der Waals surface area (Å²) in [5, 5.41) is 7.31. The van der Waals surface area contributed by atoms with Gasteiger partial charge >= 0.3 is 0 Å². The van der Waals surface area contributed by atoms with Crippen LogP contribution in [0.3, 0.4) is 0 Å². The fourth-order valence-electron chi connectivity index (χ4n) is 9.04. The third-order valence-corrected chi connectivity index (χ3v) is 15.5. The second kappa shape index (κ2) is 16.8. The third kappa shape index (κ3) is 8.64. The number of sulfonamides is 1. The van der Waals surface area contributed by atoms with E-state index < -0.39 is 68.1 Å². The Morgan fingerprint density at radius 1 is 1.00 bits per heavy atom. The summed E-state index contributed by atoms with van der Waals surface area (Å²) >= 11 is 0. The van der Waals surface area contributed by atoms with Crippen LogP contribution in [-0.2, 0) is 34.0 Å². The van der Waals surface area contributed by atoms with Gasteiger partial charge in [-0.05, 0) is 88.3 Å². The first kappa shape index (κ1) is 43.2. The van der Waals surface area contributed by atoms with Crippen LogP contribution in [0.1, 0.15) is 85.5 Å². The zero-order valence-electron chi connectivity index (χ0n) is 35.3. The van der Waals surface area contributed by atoms with E-state index in [4.69, 9.17) is 14.2 Å². The van der Waals surface area contributed by atoms with Crippen molar-refractivity contribution in [2.75, 3.05) is 33.9 Å². The molecular weight excluding hydrogens is 793 g/mol. The highest BCUT2D eigenvalue weighted by Crippen LogP contribution is 2.48. The largest absolute Gasteiger partial charge is 0.497 e. The highest BCUT2D eigenvalue weighted by atomic mass is 32.2. The second-order valence-electron chi connectivity index (χ2n) is 17.8. The Bertz CT molecular complexity index is 2170. The van der Waals surface area contributed by atoms with E-state index in [1.54, 1.807) is 37.1 Å². The van der Waals surface area contributed by atoms with Crippen molar-refractivity contribution in [2.45, 2.75) is 114 Å². The van der Waals surface area contributed by atoms with Crippen LogP contribution in [0.15, 0.2) is 36.5 Å². The molecule has 2 aliphatic carbocycles. The summed E-state index contributed by atoms with van der Waals surface area (Å²) in [5.74, 6) is -1.94. The number of nitrogens with one attached hydrogen (secondary N) is 3. The topological polar surface area (TPSA) is 203 Å². The number of benzene rings is 1. The first-order chi connectivity index (χ1) is 28.5. The Labute approximate surface area is 351 Å². The molecule has 7 rings (SSSR count). The van der Waals surface area contributed by atoms with Crippen molar-refractivity contribution in [2.24, 2.45) is 23.7 Å². The number of ether oxygens (including phenoxy) is 3. The molecule has 4 heterocycles. The molecule has 60 heavy (non-hydrogen) atoms. The molecule has 0 radical (unpaired) electrons. The smallest absolute Gasteiger partial charge is 0.259 e. The van der Waals surface area contributed by atoms with Crippen molar-refractivity contribution in [3.63, 3.8) is 0 Å². The molecule has 2 saturated heterocycles. The molecule has 5 amide bonds. The molecule has 1 aromatic carbocycles. The molecule has 0 unspecified atom stereocenters. The van der Waals surface area contributed by atoms with Crippen LogP contribution < -0.4 is 29.6 Å². The summed E-state index contributed by atoms with van der Waals surface area (Å²) in [4.78, 5) is 77.4. The maximum absolute atomic E-state index is 15.1. The summed E-state index contributed by atoms with van der Waals surface area (Å²) < 4.78 is 45.3. The lowest BCUT2D eigenvalue weighted by atomic mass is 9.87. The van der Waals surface area contributed by atoms with Gasteiger partial charge in [-0.15, -0.1) is 0 Å². The number of rotatable bonds is 9. The van der Waals surface area contributed by atoms with E-state index in [9.17, 15) is 27.6 Å². The molecule has 4 fully saturated rings. The molecule has 0 bridgehead atoms. The van der Waals surface area contributed by atoms with Gasteiger partial charge in [-0.2, -0.15) is 0 Å². The molecule has 3 N–H and O–H groups in total. The van der Waals surface area contributed by atoms with Gasteiger partial charge in [-0.1, -0.05) is 26.0 Å². The number of methoxy groups -OCH3 is 2. The molecule has 3 aliphatic heterocycles. The van der Waals surface area contributed by atoms with Gasteiger partial charge in [0.15, 0.2) is 0 Å². The summed E-state index contributed by atoms with van der Waals surface area (Å²) in [6.07, 6.45) is 8.65. The average Bonchev–Trinajstić information content (AvgIpc) is 4.11. The molecule has 17 heteroatoms. The van der Waals surface area contributed by atoms with Crippen LogP contribution in [-0.4, -0.2) is 115 Å². The minimum atomic E-state index is -4.02. The Kier molecular flexibility index (Phi) is 12.1. The number of nitrogens with zero attached hydrogens (tertiary/aromatic N) is 3. The Morgan fingerprint density at radius 2 is 1.73 bits per heavy atom. The summed E-state index contributed by atoms with van der Waals surface area (Å²) in [6, 6.07) is 3.21. The molecule has 16 nitrogen and oxygen atoms in total. The molecule has 5 aliphatic rings. The minimum absolute atomic E-state index is 0.0203. The van der Waals surface area contributed by atoms with Gasteiger partial charge in [-0.25, -0.2) is 13.4 Å². The van der Waals surface area contributed by atoms with Gasteiger partial charge in [0.2, 0.25) is 39.5 Å². The van der Waals surface area contributed by atoms with E-state index in [0.29, 0.717) is 73.9 Å². The quantitative estimate of drug-likeness (QED) is 0.313. The van der Waals surface area contributed by atoms with Crippen molar-refractivity contribution in [3.05, 3.63) is 36.5 Å². The predicted molar refractivity (Wildman–Crippen MR) is 221 cm³/mol. The Balaban J connectivity index is 1.22. The van der Waals surface area contributed by atoms with Gasteiger partial charge in [0.05, 0.1) is 31.7 Å². The maximum Gasteiger partial charge on any atom is 0.259 e. The monoisotopic (exact) mass is 850 g/mol. The number of fused-ring (bicyclic) bond motifs is 3. The summed E-state index contributed by atoms with van der Waals surface area (Å²) in [5.41, 5.74) is -1.55. The highest BCUT2D eigenvalue weighted by Gasteiger charge is 2.63. The van der Waals surface area contributed by atoms with Crippen molar-refractivity contribution in [3.8, 4) is 17.4 Å². The van der Waals surface area contributed by atoms with Crippen LogP contribution in [0.25, 0.3) is 10.8 Å². The Hall–Kier alpha value is -4.93. The SMILES string of the molecule is COc1ccc2c(O[C@@H]3C[C@H]4C(=O)N[C@]5(C(=O)NS(=O)(=O)C6(C)CC6)C[C@H]5/C=C\CC[C@@H](C)C[C@@H](C)[C@H](NC(=O)C5CCN(C(C)=O)CC5)C(=O)N4C3)ncc(OC)c2c1. The number of hydrogen-bond acceptors (Lipinski definition) is 11. The van der Waals surface area contributed by atoms with Crippen molar-refractivity contribution >= 4 is 50.3 Å². The number of amides is 5. The van der Waals surface area contributed by atoms with Gasteiger partial charge in [0.25, 0.3) is 5.91 Å². The minimum Gasteiger partial charge on any atom is -0.497 e. The molecule has 7 atom stereocenters. The van der Waals surface area contributed by atoms with Crippen molar-refractivity contribution in [1.29, 1.82) is 0 Å². The van der Waals surface area contributed by atoms with Crippen LogP contribution in [0.5, 0.6) is 17.4 Å². The summed E-state index contributed by atoms with van der Waals surface area (Å²) in [7, 11) is -0.930. The second-order valence-corrected chi connectivity index (χ2v) is 20.0. The number of carbonyl (C=O) groups is 5. The molecular formula is C43H58N6O10S. The number of aromatic nitrogens is 1. The number of pyridine rings is 1. The zero-order chi connectivity index (χ0) is 43.1. The van der Waals surface area contributed by atoms with Crippen LogP contribution >= 0.6 is 0 Å². The lowest BCUT2D eigenvalue weighted by molar-refractivity contribution is -0.144. The fraction of sp³-hybridized carbons (Fsp3) is 0.628. The number of hydrogen-bond donors (Lipinski definition) is 3. The Morgan fingerprint density at radius 3 is 2.40 bits per heavy atom. The maximum atomic E-state index is 15.1. The first-order valence-corrected chi connectivity index (χ1v) is 22.6. The molecule has 2 saturated carbocycles. The normalized spacial score (nSPS) is 30.1. The molecule has 2 aromatic rings. The van der Waals surface area contributed by atoms with E-state index in [0.717, 1.165) is 6.42 Å². The number of allylic oxidation sites excluding steroid dienone is 1. The average molecular weight is 851 g/mol. The standard InChI is InChI=1S/C43H58N6O10S/c1-25-9-7-8-10-29-22-43(29,41(54)47-60(55,56)42(4)15-16-42)46-38(52)34-21-31(59-39-32-12-11-30(57-5)20-33(32)35(58-6)23-44-39)24-49(34)40(53)36(26(2)19-25)45-37(51)28-13-17-48(18-14-28)27(3)50/h8,10-12,20,23,25-26,28-29,31,34,36H,7,9,13-19,21-22,24H2,1-6H3,(H,45,51)(H,46,52)(H,47,54)/b10-8-/t25-,26-,29-,31-,34+,36+,43-/m1/s1. The lowest BCUT2D eigenvalue weighted by Gasteiger charge is -2.35. The van der Waals surface area contributed by atoms with Gasteiger partial charge in [0, 0.05) is 49.0 Å². The van der Waals surface area contributed by atoms with E-state index in [2.05, 4.69) is 27.3 Å².